The van der Waals surface area contributed by atoms with E-state index in [-0.39, 0.29) is 22.9 Å². The van der Waals surface area contributed by atoms with Gasteiger partial charge in [-0.25, -0.2) is 9.78 Å². The van der Waals surface area contributed by atoms with Crippen molar-refractivity contribution in [3.05, 3.63) is 113 Å². The second kappa shape index (κ2) is 11.4. The fourth-order valence-electron chi connectivity index (χ4n) is 5.16. The summed E-state index contributed by atoms with van der Waals surface area (Å²) in [7, 11) is 0. The van der Waals surface area contributed by atoms with Crippen molar-refractivity contribution >= 4 is 22.9 Å². The molecule has 41 heavy (non-hydrogen) atoms. The SMILES string of the molecule is CCC[C@@H](NC(=O)c1ccc(-c2ccccc2-c2nc3cc(C(C)(C)C)ccc3[nH]2)c(C(=O)O)c1)c1ccccc1. The Morgan fingerprint density at radius 3 is 2.27 bits per heavy atom. The van der Waals surface area contributed by atoms with E-state index in [1.165, 1.54) is 11.6 Å². The monoisotopic (exact) mass is 545 g/mol. The smallest absolute Gasteiger partial charge is 0.336 e. The molecule has 5 rings (SSSR count). The molecule has 208 valence electrons. The van der Waals surface area contributed by atoms with E-state index in [1.807, 2.05) is 60.7 Å². The molecule has 1 atom stereocenters. The Hall–Kier alpha value is -4.71. The molecule has 0 bridgehead atoms. The molecule has 6 nitrogen and oxygen atoms in total. The molecule has 1 heterocycles. The van der Waals surface area contributed by atoms with Crippen molar-refractivity contribution in [1.29, 1.82) is 0 Å². The van der Waals surface area contributed by atoms with Crippen LogP contribution in [-0.4, -0.2) is 27.0 Å². The first-order chi connectivity index (χ1) is 19.7. The number of carbonyl (C=O) groups is 2. The highest BCUT2D eigenvalue weighted by Crippen LogP contribution is 2.35. The molecule has 0 aliphatic rings. The number of imidazole rings is 1. The molecule has 0 saturated heterocycles. The maximum Gasteiger partial charge on any atom is 0.336 e. The van der Waals surface area contributed by atoms with Crippen molar-refractivity contribution in [2.24, 2.45) is 0 Å². The fraction of sp³-hybridized carbons (Fsp3) is 0.229. The van der Waals surface area contributed by atoms with E-state index in [0.29, 0.717) is 17.0 Å². The third-order valence-corrected chi connectivity index (χ3v) is 7.42. The van der Waals surface area contributed by atoms with Gasteiger partial charge in [0, 0.05) is 11.1 Å². The molecule has 1 amide bonds. The van der Waals surface area contributed by atoms with Gasteiger partial charge in [-0.3, -0.25) is 4.79 Å². The number of hydrogen-bond acceptors (Lipinski definition) is 3. The minimum absolute atomic E-state index is 0.00666. The summed E-state index contributed by atoms with van der Waals surface area (Å²) in [6.45, 7) is 8.57. The lowest BCUT2D eigenvalue weighted by atomic mass is 9.87. The van der Waals surface area contributed by atoms with Gasteiger partial charge in [-0.05, 0) is 58.4 Å². The predicted octanol–water partition coefficient (Wildman–Crippen LogP) is 8.16. The maximum absolute atomic E-state index is 13.3. The van der Waals surface area contributed by atoms with Crippen LogP contribution >= 0.6 is 0 Å². The highest BCUT2D eigenvalue weighted by Gasteiger charge is 2.21. The number of carboxylic acid groups (broad SMARTS) is 1. The van der Waals surface area contributed by atoms with Gasteiger partial charge in [-0.15, -0.1) is 0 Å². The van der Waals surface area contributed by atoms with Gasteiger partial charge in [-0.2, -0.15) is 0 Å². The molecule has 0 spiro atoms. The number of nitrogens with zero attached hydrogens (tertiary/aromatic N) is 1. The maximum atomic E-state index is 13.3. The number of amides is 1. The van der Waals surface area contributed by atoms with Crippen LogP contribution in [0.3, 0.4) is 0 Å². The van der Waals surface area contributed by atoms with Crippen LogP contribution in [-0.2, 0) is 5.41 Å². The minimum Gasteiger partial charge on any atom is -0.478 e. The standard InChI is InChI=1S/C35H35N3O3/c1-5-11-29(22-12-7-6-8-13-22)38-33(39)23-16-18-26(28(20-23)34(40)41)25-14-9-10-15-27(25)32-36-30-19-17-24(35(2,3)4)21-31(30)37-32/h6-10,12-21,29H,5,11H2,1-4H3,(H,36,37)(H,38,39)(H,40,41)/t29-/m1/s1. The normalized spacial score (nSPS) is 12.3. The summed E-state index contributed by atoms with van der Waals surface area (Å²) < 4.78 is 0. The van der Waals surface area contributed by atoms with E-state index >= 15 is 0 Å². The van der Waals surface area contributed by atoms with Gasteiger partial charge < -0.3 is 15.4 Å². The number of benzene rings is 4. The van der Waals surface area contributed by atoms with Crippen LogP contribution in [0, 0.1) is 0 Å². The summed E-state index contributed by atoms with van der Waals surface area (Å²) in [6.07, 6.45) is 1.68. The van der Waals surface area contributed by atoms with E-state index in [1.54, 1.807) is 12.1 Å². The van der Waals surface area contributed by atoms with Crippen LogP contribution in [0.15, 0.2) is 91.0 Å². The Morgan fingerprint density at radius 2 is 1.59 bits per heavy atom. The largest absolute Gasteiger partial charge is 0.478 e. The van der Waals surface area contributed by atoms with Crippen molar-refractivity contribution in [1.82, 2.24) is 15.3 Å². The molecule has 0 fully saturated rings. The molecule has 0 aliphatic heterocycles. The Kier molecular flexibility index (Phi) is 7.75. The van der Waals surface area contributed by atoms with Gasteiger partial charge in [0.05, 0.1) is 22.6 Å². The quantitative estimate of drug-likeness (QED) is 0.183. The van der Waals surface area contributed by atoms with Gasteiger partial charge in [0.15, 0.2) is 0 Å². The second-order valence-corrected chi connectivity index (χ2v) is 11.4. The molecule has 0 radical (unpaired) electrons. The number of carbonyl (C=O) groups excluding carboxylic acids is 1. The number of H-pyrrole nitrogens is 1. The third kappa shape index (κ3) is 5.92. The van der Waals surface area contributed by atoms with Crippen LogP contribution in [0.2, 0.25) is 0 Å². The third-order valence-electron chi connectivity index (χ3n) is 7.42. The van der Waals surface area contributed by atoms with Crippen molar-refractivity contribution in [2.45, 2.75) is 52.0 Å². The number of nitrogens with one attached hydrogen (secondary N) is 2. The molecule has 3 N–H and O–H groups in total. The second-order valence-electron chi connectivity index (χ2n) is 11.4. The van der Waals surface area contributed by atoms with Crippen molar-refractivity contribution < 1.29 is 14.7 Å². The van der Waals surface area contributed by atoms with E-state index < -0.39 is 5.97 Å². The van der Waals surface area contributed by atoms with Crippen LogP contribution in [0.5, 0.6) is 0 Å². The molecule has 4 aromatic carbocycles. The topological polar surface area (TPSA) is 95.1 Å². The molecule has 6 heteroatoms. The van der Waals surface area contributed by atoms with E-state index in [2.05, 4.69) is 50.1 Å². The van der Waals surface area contributed by atoms with Crippen molar-refractivity contribution in [3.8, 4) is 22.5 Å². The number of aromatic amines is 1. The number of rotatable bonds is 8. The molecule has 0 saturated carbocycles. The molecule has 0 aliphatic carbocycles. The lowest BCUT2D eigenvalue weighted by Gasteiger charge is -2.19. The van der Waals surface area contributed by atoms with E-state index in [4.69, 9.17) is 4.98 Å². The van der Waals surface area contributed by atoms with Gasteiger partial charge in [0.25, 0.3) is 5.91 Å². The van der Waals surface area contributed by atoms with E-state index in [9.17, 15) is 14.7 Å². The summed E-state index contributed by atoms with van der Waals surface area (Å²) in [5.74, 6) is -0.747. The summed E-state index contributed by atoms with van der Waals surface area (Å²) in [6, 6.07) is 28.4. The zero-order valence-electron chi connectivity index (χ0n) is 23.9. The first kappa shape index (κ1) is 27.8. The van der Waals surface area contributed by atoms with Gasteiger partial charge in [0.1, 0.15) is 5.82 Å². The number of fused-ring (bicyclic) bond motifs is 1. The van der Waals surface area contributed by atoms with Crippen LogP contribution in [0.25, 0.3) is 33.5 Å². The van der Waals surface area contributed by atoms with E-state index in [0.717, 1.165) is 40.6 Å². The van der Waals surface area contributed by atoms with Gasteiger partial charge in [-0.1, -0.05) is 101 Å². The first-order valence-corrected chi connectivity index (χ1v) is 14.0. The van der Waals surface area contributed by atoms with Gasteiger partial charge in [0.2, 0.25) is 0 Å². The Balaban J connectivity index is 1.51. The summed E-state index contributed by atoms with van der Waals surface area (Å²) >= 11 is 0. The number of aromatic carboxylic acids is 1. The number of carboxylic acids is 1. The minimum atomic E-state index is -1.10. The molecule has 0 unspecified atom stereocenters. The van der Waals surface area contributed by atoms with Crippen molar-refractivity contribution in [3.63, 3.8) is 0 Å². The highest BCUT2D eigenvalue weighted by molar-refractivity contribution is 6.03. The zero-order valence-corrected chi connectivity index (χ0v) is 23.9. The van der Waals surface area contributed by atoms with Crippen LogP contribution in [0.4, 0.5) is 0 Å². The van der Waals surface area contributed by atoms with Crippen LogP contribution < -0.4 is 5.32 Å². The molecular weight excluding hydrogens is 510 g/mol. The Morgan fingerprint density at radius 1 is 0.878 bits per heavy atom. The average molecular weight is 546 g/mol. The summed E-state index contributed by atoms with van der Waals surface area (Å²) in [5.41, 5.74) is 6.36. The van der Waals surface area contributed by atoms with Crippen LogP contribution in [0.1, 0.15) is 78.4 Å². The lowest BCUT2D eigenvalue weighted by Crippen LogP contribution is -2.28. The first-order valence-electron chi connectivity index (χ1n) is 14.0. The summed E-state index contributed by atoms with van der Waals surface area (Å²) in [4.78, 5) is 34.1. The number of hydrogen-bond donors (Lipinski definition) is 3. The summed E-state index contributed by atoms with van der Waals surface area (Å²) in [5, 5.41) is 13.3. The Labute approximate surface area is 240 Å². The lowest BCUT2D eigenvalue weighted by molar-refractivity contribution is 0.0697. The molecule has 1 aromatic heterocycles. The molecular formula is C35H35N3O3. The average Bonchev–Trinajstić information content (AvgIpc) is 3.40. The van der Waals surface area contributed by atoms with Gasteiger partial charge >= 0.3 is 5.97 Å². The number of aromatic nitrogens is 2. The molecule has 5 aromatic rings. The highest BCUT2D eigenvalue weighted by atomic mass is 16.4. The van der Waals surface area contributed by atoms with Crippen molar-refractivity contribution in [2.75, 3.05) is 0 Å². The zero-order chi connectivity index (χ0) is 29.1. The predicted molar refractivity (Wildman–Crippen MR) is 164 cm³/mol. The Bertz CT molecular complexity index is 1710. The fourth-order valence-corrected chi connectivity index (χ4v) is 5.16.